The fourth-order valence-corrected chi connectivity index (χ4v) is 2.76. The lowest BCUT2D eigenvalue weighted by Gasteiger charge is -2.19. The van der Waals surface area contributed by atoms with Gasteiger partial charge in [0.15, 0.2) is 0 Å². The Morgan fingerprint density at radius 3 is 2.46 bits per heavy atom. The lowest BCUT2D eigenvalue weighted by molar-refractivity contribution is 0.0774. The number of amides is 3. The van der Waals surface area contributed by atoms with Crippen LogP contribution in [0.25, 0.3) is 0 Å². The van der Waals surface area contributed by atoms with Gasteiger partial charge in [-0.3, -0.25) is 9.69 Å². The van der Waals surface area contributed by atoms with Gasteiger partial charge in [-0.25, -0.2) is 4.79 Å². The molecule has 0 spiro atoms. The molecule has 1 heterocycles. The molecule has 1 aliphatic rings. The average molecular weight is 353 g/mol. The Hall–Kier alpha value is -3.02. The summed E-state index contributed by atoms with van der Waals surface area (Å²) in [4.78, 5) is 27.5. The molecule has 6 heteroatoms. The van der Waals surface area contributed by atoms with Crippen LogP contribution in [0.4, 0.5) is 10.5 Å². The highest BCUT2D eigenvalue weighted by atomic mass is 16.5. The third kappa shape index (κ3) is 4.14. The third-order valence-electron chi connectivity index (χ3n) is 4.35. The normalized spacial score (nSPS) is 13.5. The van der Waals surface area contributed by atoms with Gasteiger partial charge < -0.3 is 15.0 Å². The second kappa shape index (κ2) is 7.91. The number of nitrogens with one attached hydrogen (secondary N) is 1. The van der Waals surface area contributed by atoms with Crippen molar-refractivity contribution in [2.24, 2.45) is 0 Å². The molecule has 1 N–H and O–H groups in total. The minimum Gasteiger partial charge on any atom is -0.492 e. The van der Waals surface area contributed by atoms with E-state index in [9.17, 15) is 9.59 Å². The Bertz CT molecular complexity index is 772. The number of nitrogens with zero attached hydrogens (tertiary/aromatic N) is 2. The van der Waals surface area contributed by atoms with E-state index in [1.807, 2.05) is 31.2 Å². The topological polar surface area (TPSA) is 61.9 Å². The lowest BCUT2D eigenvalue weighted by Crippen LogP contribution is -2.31. The fourth-order valence-electron chi connectivity index (χ4n) is 2.76. The molecule has 3 rings (SSSR count). The van der Waals surface area contributed by atoms with Crippen molar-refractivity contribution in [2.45, 2.75) is 6.92 Å². The molecule has 3 amide bonds. The largest absolute Gasteiger partial charge is 0.492 e. The predicted octanol–water partition coefficient (Wildman–Crippen LogP) is 2.68. The number of hydrogen-bond acceptors (Lipinski definition) is 3. The van der Waals surface area contributed by atoms with E-state index >= 15 is 0 Å². The van der Waals surface area contributed by atoms with Gasteiger partial charge in [-0.1, -0.05) is 17.7 Å². The first-order valence-corrected chi connectivity index (χ1v) is 8.65. The number of carbonyl (C=O) groups excluding carboxylic acids is 2. The molecule has 0 aromatic heterocycles. The predicted molar refractivity (Wildman–Crippen MR) is 101 cm³/mol. The number of hydrogen-bond donors (Lipinski definition) is 1. The number of rotatable bonds is 6. The zero-order valence-electron chi connectivity index (χ0n) is 15.1. The molecule has 6 nitrogen and oxygen atoms in total. The molecule has 1 saturated heterocycles. The molecule has 2 aromatic rings. The Kier molecular flexibility index (Phi) is 5.41. The second-order valence-electron chi connectivity index (χ2n) is 6.32. The number of urea groups is 1. The van der Waals surface area contributed by atoms with Gasteiger partial charge in [0.05, 0.1) is 6.54 Å². The maximum atomic E-state index is 12.5. The minimum atomic E-state index is -0.102. The first-order chi connectivity index (χ1) is 12.5. The van der Waals surface area contributed by atoms with Gasteiger partial charge in [0.25, 0.3) is 5.91 Å². The highest BCUT2D eigenvalue weighted by Gasteiger charge is 2.21. The molecule has 0 aliphatic carbocycles. The van der Waals surface area contributed by atoms with Crippen LogP contribution in [-0.4, -0.2) is 50.1 Å². The van der Waals surface area contributed by atoms with Crippen LogP contribution >= 0.6 is 0 Å². The molecule has 0 bridgehead atoms. The van der Waals surface area contributed by atoms with E-state index < -0.39 is 0 Å². The lowest BCUT2D eigenvalue weighted by atomic mass is 10.1. The number of anilines is 1. The number of aryl methyl sites for hydroxylation is 1. The first-order valence-electron chi connectivity index (χ1n) is 8.65. The smallest absolute Gasteiger partial charge is 0.321 e. The van der Waals surface area contributed by atoms with Crippen molar-refractivity contribution in [2.75, 3.05) is 38.2 Å². The van der Waals surface area contributed by atoms with E-state index in [-0.39, 0.29) is 11.9 Å². The first kappa shape index (κ1) is 17.8. The monoisotopic (exact) mass is 353 g/mol. The van der Waals surface area contributed by atoms with Crippen molar-refractivity contribution in [3.05, 3.63) is 59.7 Å². The highest BCUT2D eigenvalue weighted by Crippen LogP contribution is 2.18. The van der Waals surface area contributed by atoms with E-state index in [2.05, 4.69) is 5.32 Å². The number of ether oxygens (including phenoxy) is 1. The summed E-state index contributed by atoms with van der Waals surface area (Å²) < 4.78 is 5.67. The Balaban J connectivity index is 1.52. The van der Waals surface area contributed by atoms with E-state index in [4.69, 9.17) is 4.74 Å². The Morgan fingerprint density at radius 2 is 1.85 bits per heavy atom. The molecule has 0 unspecified atom stereocenters. The van der Waals surface area contributed by atoms with E-state index in [1.54, 1.807) is 41.1 Å². The van der Waals surface area contributed by atoms with E-state index in [0.717, 1.165) is 11.4 Å². The maximum Gasteiger partial charge on any atom is 0.321 e. The summed E-state index contributed by atoms with van der Waals surface area (Å²) in [5.41, 5.74) is 2.56. The van der Waals surface area contributed by atoms with Gasteiger partial charge in [0.1, 0.15) is 12.4 Å². The standard InChI is InChI=1S/C20H23N3O3/c1-15-3-9-18(10-4-15)26-14-13-22(2)19(24)16-5-7-17(8-6-16)23-12-11-21-20(23)25/h3-10H,11-14H2,1-2H3,(H,21,25). The summed E-state index contributed by atoms with van der Waals surface area (Å²) in [5, 5.41) is 2.76. The summed E-state index contributed by atoms with van der Waals surface area (Å²) in [5.74, 6) is 0.722. The zero-order valence-corrected chi connectivity index (χ0v) is 15.1. The molecule has 2 aromatic carbocycles. The van der Waals surface area contributed by atoms with Crippen molar-refractivity contribution >= 4 is 17.6 Å². The number of carbonyl (C=O) groups is 2. The van der Waals surface area contributed by atoms with Gasteiger partial charge >= 0.3 is 6.03 Å². The molecule has 136 valence electrons. The molecular formula is C20H23N3O3. The van der Waals surface area contributed by atoms with E-state index in [0.29, 0.717) is 31.8 Å². The molecule has 1 fully saturated rings. The summed E-state index contributed by atoms with van der Waals surface area (Å²) in [6.45, 7) is 4.23. The molecular weight excluding hydrogens is 330 g/mol. The van der Waals surface area contributed by atoms with Crippen LogP contribution in [0, 0.1) is 6.92 Å². The van der Waals surface area contributed by atoms with Crippen LogP contribution in [0.2, 0.25) is 0 Å². The Morgan fingerprint density at radius 1 is 1.15 bits per heavy atom. The quantitative estimate of drug-likeness (QED) is 0.868. The van der Waals surface area contributed by atoms with Crippen LogP contribution in [-0.2, 0) is 0 Å². The molecule has 26 heavy (non-hydrogen) atoms. The van der Waals surface area contributed by atoms with Crippen LogP contribution in [0.1, 0.15) is 15.9 Å². The van der Waals surface area contributed by atoms with Crippen molar-refractivity contribution in [1.29, 1.82) is 0 Å². The summed E-state index contributed by atoms with van der Waals surface area (Å²) >= 11 is 0. The summed E-state index contributed by atoms with van der Waals surface area (Å²) in [7, 11) is 1.75. The van der Waals surface area contributed by atoms with Gasteiger partial charge in [-0.2, -0.15) is 0 Å². The minimum absolute atomic E-state index is 0.0741. The molecule has 0 saturated carbocycles. The Labute approximate surface area is 153 Å². The highest BCUT2D eigenvalue weighted by molar-refractivity contribution is 5.96. The summed E-state index contributed by atoms with van der Waals surface area (Å²) in [6.07, 6.45) is 0. The van der Waals surface area contributed by atoms with Crippen molar-refractivity contribution < 1.29 is 14.3 Å². The van der Waals surface area contributed by atoms with Gasteiger partial charge in [-0.15, -0.1) is 0 Å². The molecule has 0 radical (unpaired) electrons. The third-order valence-corrected chi connectivity index (χ3v) is 4.35. The average Bonchev–Trinajstić information content (AvgIpc) is 3.09. The van der Waals surface area contributed by atoms with Crippen LogP contribution < -0.4 is 15.0 Å². The van der Waals surface area contributed by atoms with Crippen molar-refractivity contribution in [3.8, 4) is 5.75 Å². The summed E-state index contributed by atoms with van der Waals surface area (Å²) in [6, 6.07) is 14.8. The van der Waals surface area contributed by atoms with Crippen LogP contribution in [0.3, 0.4) is 0 Å². The van der Waals surface area contributed by atoms with Crippen LogP contribution in [0.15, 0.2) is 48.5 Å². The van der Waals surface area contributed by atoms with Crippen molar-refractivity contribution in [3.63, 3.8) is 0 Å². The fraction of sp³-hybridized carbons (Fsp3) is 0.300. The number of likely N-dealkylation sites (N-methyl/N-ethyl adjacent to an activating group) is 1. The van der Waals surface area contributed by atoms with E-state index in [1.165, 1.54) is 5.56 Å². The van der Waals surface area contributed by atoms with Crippen molar-refractivity contribution in [1.82, 2.24) is 10.2 Å². The zero-order chi connectivity index (χ0) is 18.5. The molecule has 1 aliphatic heterocycles. The second-order valence-corrected chi connectivity index (χ2v) is 6.32. The van der Waals surface area contributed by atoms with Gasteiger partial charge in [0.2, 0.25) is 0 Å². The SMILES string of the molecule is Cc1ccc(OCCN(C)C(=O)c2ccc(N3CCNC3=O)cc2)cc1. The number of benzene rings is 2. The molecule has 0 atom stereocenters. The van der Waals surface area contributed by atoms with Gasteiger partial charge in [0, 0.05) is 31.4 Å². The van der Waals surface area contributed by atoms with Gasteiger partial charge in [-0.05, 0) is 43.3 Å². The maximum absolute atomic E-state index is 12.5. The van der Waals surface area contributed by atoms with Crippen LogP contribution in [0.5, 0.6) is 5.75 Å².